The van der Waals surface area contributed by atoms with Crippen molar-refractivity contribution in [2.75, 3.05) is 0 Å². The predicted octanol–water partition coefficient (Wildman–Crippen LogP) is 4.49. The molecule has 0 aliphatic heterocycles. The van der Waals surface area contributed by atoms with Crippen molar-refractivity contribution in [1.82, 2.24) is 0 Å². The molecule has 0 spiro atoms. The van der Waals surface area contributed by atoms with Crippen LogP contribution in [0.4, 0.5) is 0 Å². The zero-order valence-electron chi connectivity index (χ0n) is 15.7. The first-order valence-electron chi connectivity index (χ1n) is 8.30. The minimum atomic E-state index is -4.35. The number of rotatable bonds is 4. The van der Waals surface area contributed by atoms with E-state index in [2.05, 4.69) is 0 Å². The van der Waals surface area contributed by atoms with Crippen molar-refractivity contribution in [3.8, 4) is 0 Å². The van der Waals surface area contributed by atoms with E-state index in [0.29, 0.717) is 11.1 Å². The first-order valence-corrected chi connectivity index (χ1v) is 10.1. The monoisotopic (exact) mass is 362 g/mol. The fourth-order valence-corrected chi connectivity index (χ4v) is 5.52. The molecule has 0 bridgehead atoms. The molecule has 0 saturated carbocycles. The van der Waals surface area contributed by atoms with Crippen molar-refractivity contribution in [2.24, 2.45) is 0 Å². The molecule has 2 aromatic carbocycles. The Hall–Kier alpha value is -1.45. The molecule has 4 nitrogen and oxygen atoms in total. The number of benzene rings is 2. The van der Waals surface area contributed by atoms with Crippen molar-refractivity contribution in [3.05, 3.63) is 68.8 Å². The summed E-state index contributed by atoms with van der Waals surface area (Å²) in [5.74, 6) is -3.27. The molecule has 2 atom stereocenters. The Morgan fingerprint density at radius 3 is 1.16 bits per heavy atom. The normalized spacial score (nSPS) is 16.4. The highest BCUT2D eigenvalue weighted by atomic mass is 31.2. The molecule has 0 aliphatic rings. The van der Waals surface area contributed by atoms with E-state index < -0.39 is 19.1 Å². The molecule has 0 aromatic heterocycles. The summed E-state index contributed by atoms with van der Waals surface area (Å²) in [5.41, 5.74) is 5.82. The summed E-state index contributed by atoms with van der Waals surface area (Å²) in [5, 5.41) is 21.4. The molecule has 0 fully saturated rings. The SMILES string of the molecule is Cc1cc(C)c(C(O)P(=O)(O)C(O)c2c(C)cc(C)cc2C)c(C)c1. The summed E-state index contributed by atoms with van der Waals surface area (Å²) in [4.78, 5) is 10.7. The first-order chi connectivity index (χ1) is 11.5. The van der Waals surface area contributed by atoms with Gasteiger partial charge >= 0.3 is 0 Å². The Bertz CT molecular complexity index is 743. The highest BCUT2D eigenvalue weighted by molar-refractivity contribution is 7.58. The van der Waals surface area contributed by atoms with Crippen LogP contribution in [-0.2, 0) is 4.57 Å². The van der Waals surface area contributed by atoms with E-state index in [1.807, 2.05) is 38.1 Å². The molecule has 5 heteroatoms. The lowest BCUT2D eigenvalue weighted by Crippen LogP contribution is -2.12. The molecule has 0 heterocycles. The second-order valence-electron chi connectivity index (χ2n) is 7.04. The highest BCUT2D eigenvalue weighted by Gasteiger charge is 2.41. The van der Waals surface area contributed by atoms with E-state index in [4.69, 9.17) is 0 Å². The maximum Gasteiger partial charge on any atom is 0.264 e. The lowest BCUT2D eigenvalue weighted by atomic mass is 10.0. The van der Waals surface area contributed by atoms with Gasteiger partial charge in [0.2, 0.25) is 0 Å². The van der Waals surface area contributed by atoms with Gasteiger partial charge in [-0.15, -0.1) is 0 Å². The van der Waals surface area contributed by atoms with Crippen molar-refractivity contribution in [1.29, 1.82) is 0 Å². The topological polar surface area (TPSA) is 77.8 Å². The quantitative estimate of drug-likeness (QED) is 0.700. The van der Waals surface area contributed by atoms with Crippen LogP contribution in [-0.4, -0.2) is 15.1 Å². The van der Waals surface area contributed by atoms with Gasteiger partial charge in [0.05, 0.1) is 0 Å². The molecule has 3 N–H and O–H groups in total. The number of hydrogen-bond acceptors (Lipinski definition) is 3. The summed E-state index contributed by atoms with van der Waals surface area (Å²) in [6, 6.07) is 7.45. The van der Waals surface area contributed by atoms with Crippen LogP contribution in [0.1, 0.15) is 56.2 Å². The average Bonchev–Trinajstić information content (AvgIpc) is 2.44. The maximum absolute atomic E-state index is 13.0. The third kappa shape index (κ3) is 3.73. The largest absolute Gasteiger partial charge is 0.378 e. The second-order valence-corrected chi connectivity index (χ2v) is 9.37. The number of aliphatic hydroxyl groups excluding tert-OH is 2. The second kappa shape index (κ2) is 7.05. The Labute approximate surface area is 149 Å². The van der Waals surface area contributed by atoms with Gasteiger partial charge in [-0.1, -0.05) is 35.4 Å². The molecule has 0 aliphatic carbocycles. The highest BCUT2D eigenvalue weighted by Crippen LogP contribution is 2.64. The first kappa shape index (κ1) is 19.9. The number of hydrogen-bond donors (Lipinski definition) is 3. The summed E-state index contributed by atoms with van der Waals surface area (Å²) in [6.45, 7) is 11.1. The van der Waals surface area contributed by atoms with Gasteiger partial charge in [-0.3, -0.25) is 4.57 Å². The molecule has 25 heavy (non-hydrogen) atoms. The van der Waals surface area contributed by atoms with Crippen LogP contribution in [0.5, 0.6) is 0 Å². The van der Waals surface area contributed by atoms with Gasteiger partial charge in [-0.05, 0) is 74.9 Å². The Kier molecular flexibility index (Phi) is 5.60. The minimum Gasteiger partial charge on any atom is -0.378 e. The van der Waals surface area contributed by atoms with Gasteiger partial charge in [0.1, 0.15) is 0 Å². The molecule has 2 rings (SSSR count). The fraction of sp³-hybridized carbons (Fsp3) is 0.400. The molecule has 0 radical (unpaired) electrons. The van der Waals surface area contributed by atoms with Crippen molar-refractivity contribution in [2.45, 2.75) is 53.2 Å². The predicted molar refractivity (Wildman–Crippen MR) is 101 cm³/mol. The van der Waals surface area contributed by atoms with Crippen LogP contribution in [0.15, 0.2) is 24.3 Å². The zero-order chi connectivity index (χ0) is 19.1. The third-order valence-electron chi connectivity index (χ3n) is 4.69. The van der Waals surface area contributed by atoms with Crippen LogP contribution in [0, 0.1) is 41.5 Å². The average molecular weight is 362 g/mol. The zero-order valence-corrected chi connectivity index (χ0v) is 16.6. The van der Waals surface area contributed by atoms with Gasteiger partial charge in [-0.2, -0.15) is 0 Å². The molecule has 2 aromatic rings. The van der Waals surface area contributed by atoms with Gasteiger partial charge in [0.25, 0.3) is 7.37 Å². The van der Waals surface area contributed by atoms with Gasteiger partial charge in [-0.25, -0.2) is 0 Å². The van der Waals surface area contributed by atoms with Gasteiger partial charge in [0, 0.05) is 0 Å². The van der Waals surface area contributed by atoms with Crippen molar-refractivity contribution in [3.63, 3.8) is 0 Å². The van der Waals surface area contributed by atoms with Crippen molar-refractivity contribution >= 4 is 7.37 Å². The summed E-state index contributed by atoms with van der Waals surface area (Å²) in [6.07, 6.45) is 0. The summed E-state index contributed by atoms with van der Waals surface area (Å²) >= 11 is 0. The third-order valence-corrected chi connectivity index (χ3v) is 6.61. The Balaban J connectivity index is 2.53. The van der Waals surface area contributed by atoms with Crippen molar-refractivity contribution < 1.29 is 19.7 Å². The molecule has 136 valence electrons. The maximum atomic E-state index is 13.0. The van der Waals surface area contributed by atoms with Crippen LogP contribution in [0.3, 0.4) is 0 Å². The summed E-state index contributed by atoms with van der Waals surface area (Å²) < 4.78 is 13.0. The molecular formula is C20H27O4P. The van der Waals surface area contributed by atoms with E-state index in [9.17, 15) is 19.7 Å². The van der Waals surface area contributed by atoms with Crippen LogP contribution in [0.2, 0.25) is 0 Å². The lowest BCUT2D eigenvalue weighted by Gasteiger charge is -2.28. The van der Waals surface area contributed by atoms with E-state index in [-0.39, 0.29) is 0 Å². The van der Waals surface area contributed by atoms with E-state index in [1.54, 1.807) is 27.7 Å². The molecule has 0 saturated heterocycles. The van der Waals surface area contributed by atoms with Crippen LogP contribution < -0.4 is 0 Å². The minimum absolute atomic E-state index is 0.415. The van der Waals surface area contributed by atoms with Crippen LogP contribution in [0.25, 0.3) is 0 Å². The molecular weight excluding hydrogens is 335 g/mol. The van der Waals surface area contributed by atoms with Crippen LogP contribution >= 0.6 is 7.37 Å². The molecule has 0 amide bonds. The Morgan fingerprint density at radius 2 is 0.920 bits per heavy atom. The summed E-state index contributed by atoms with van der Waals surface area (Å²) in [7, 11) is -4.35. The fourth-order valence-electron chi connectivity index (χ4n) is 3.70. The van der Waals surface area contributed by atoms with Gasteiger partial charge < -0.3 is 15.1 Å². The van der Waals surface area contributed by atoms with E-state index >= 15 is 0 Å². The Morgan fingerprint density at radius 1 is 0.680 bits per heavy atom. The molecule has 2 unspecified atom stereocenters. The standard InChI is InChI=1S/C20H27O4P/c1-11-7-13(3)17(14(4)8-11)19(21)25(23,24)20(22)18-15(5)9-12(2)10-16(18)6/h7-10,19-22H,1-6H3,(H,23,24). The number of aliphatic hydroxyl groups is 2. The number of aryl methyl sites for hydroxylation is 6. The van der Waals surface area contributed by atoms with Gasteiger partial charge in [0.15, 0.2) is 11.7 Å². The smallest absolute Gasteiger partial charge is 0.264 e. The lowest BCUT2D eigenvalue weighted by molar-refractivity contribution is 0.185. The van der Waals surface area contributed by atoms with E-state index in [0.717, 1.165) is 33.4 Å². The van der Waals surface area contributed by atoms with E-state index in [1.165, 1.54) is 0 Å².